The highest BCUT2D eigenvalue weighted by Crippen LogP contribution is 2.37. The SMILES string of the molecule is CSCC(C)N(C)CC1(CNC(C)(C)C)CCCCC1. The molecule has 120 valence electrons. The lowest BCUT2D eigenvalue weighted by atomic mass is 9.73. The summed E-state index contributed by atoms with van der Waals surface area (Å²) < 4.78 is 0. The van der Waals surface area contributed by atoms with E-state index in [2.05, 4.69) is 51.2 Å². The Hall–Kier alpha value is 0.270. The highest BCUT2D eigenvalue weighted by atomic mass is 32.2. The molecule has 1 saturated carbocycles. The Kier molecular flexibility index (Phi) is 7.37. The van der Waals surface area contributed by atoms with Crippen molar-refractivity contribution in [1.29, 1.82) is 0 Å². The van der Waals surface area contributed by atoms with Crippen LogP contribution >= 0.6 is 11.8 Å². The molecule has 1 aliphatic carbocycles. The van der Waals surface area contributed by atoms with Gasteiger partial charge in [0.25, 0.3) is 0 Å². The van der Waals surface area contributed by atoms with E-state index in [0.717, 1.165) is 0 Å². The van der Waals surface area contributed by atoms with Crippen LogP contribution < -0.4 is 5.32 Å². The minimum atomic E-state index is 0.230. The van der Waals surface area contributed by atoms with Gasteiger partial charge in [-0.15, -0.1) is 0 Å². The monoisotopic (exact) mass is 300 g/mol. The third-order valence-electron chi connectivity index (χ3n) is 4.65. The van der Waals surface area contributed by atoms with Gasteiger partial charge < -0.3 is 10.2 Å². The predicted molar refractivity (Wildman–Crippen MR) is 93.7 cm³/mol. The summed E-state index contributed by atoms with van der Waals surface area (Å²) >= 11 is 1.96. The fraction of sp³-hybridized carbons (Fsp3) is 1.00. The van der Waals surface area contributed by atoms with Crippen LogP contribution in [0.4, 0.5) is 0 Å². The Morgan fingerprint density at radius 3 is 2.30 bits per heavy atom. The molecule has 0 spiro atoms. The summed E-state index contributed by atoms with van der Waals surface area (Å²) in [5, 5.41) is 3.78. The molecule has 0 aromatic carbocycles. The number of hydrogen-bond acceptors (Lipinski definition) is 3. The number of hydrogen-bond donors (Lipinski definition) is 1. The third-order valence-corrected chi connectivity index (χ3v) is 5.47. The van der Waals surface area contributed by atoms with Crippen molar-refractivity contribution in [2.45, 2.75) is 71.4 Å². The average molecular weight is 301 g/mol. The third kappa shape index (κ3) is 6.36. The molecule has 0 amide bonds. The van der Waals surface area contributed by atoms with Gasteiger partial charge in [0.05, 0.1) is 0 Å². The zero-order valence-corrected chi connectivity index (χ0v) is 15.4. The van der Waals surface area contributed by atoms with Gasteiger partial charge >= 0.3 is 0 Å². The maximum atomic E-state index is 3.78. The van der Waals surface area contributed by atoms with Crippen LogP contribution in [0, 0.1) is 5.41 Å². The predicted octanol–water partition coefficient (Wildman–Crippen LogP) is 4.01. The summed E-state index contributed by atoms with van der Waals surface area (Å²) in [7, 11) is 2.31. The molecule has 0 heterocycles. The number of thioether (sulfide) groups is 1. The van der Waals surface area contributed by atoms with Crippen molar-refractivity contribution in [3.8, 4) is 0 Å². The second kappa shape index (κ2) is 8.05. The van der Waals surface area contributed by atoms with E-state index < -0.39 is 0 Å². The van der Waals surface area contributed by atoms with E-state index in [1.807, 2.05) is 11.8 Å². The van der Waals surface area contributed by atoms with Crippen molar-refractivity contribution < 1.29 is 0 Å². The topological polar surface area (TPSA) is 15.3 Å². The molecule has 0 aromatic heterocycles. The average Bonchev–Trinajstić information content (AvgIpc) is 2.37. The Morgan fingerprint density at radius 2 is 1.80 bits per heavy atom. The first-order chi connectivity index (χ1) is 9.28. The standard InChI is InChI=1S/C17H36N2S/c1-15(12-20-6)19(5)14-17(10-8-7-9-11-17)13-18-16(2,3)4/h15,18H,7-14H2,1-6H3. The van der Waals surface area contributed by atoms with Crippen molar-refractivity contribution in [1.82, 2.24) is 10.2 Å². The minimum Gasteiger partial charge on any atom is -0.311 e. The summed E-state index contributed by atoms with van der Waals surface area (Å²) in [5.74, 6) is 1.24. The van der Waals surface area contributed by atoms with Crippen LogP contribution in [-0.4, -0.2) is 48.6 Å². The van der Waals surface area contributed by atoms with E-state index >= 15 is 0 Å². The Morgan fingerprint density at radius 1 is 1.20 bits per heavy atom. The Bertz CT molecular complexity index is 267. The number of nitrogens with one attached hydrogen (secondary N) is 1. The number of rotatable bonds is 7. The Balaban J connectivity index is 2.63. The number of nitrogens with zero attached hydrogens (tertiary/aromatic N) is 1. The van der Waals surface area contributed by atoms with Crippen LogP contribution in [0.25, 0.3) is 0 Å². The lowest BCUT2D eigenvalue weighted by Gasteiger charge is -2.43. The fourth-order valence-electron chi connectivity index (χ4n) is 3.20. The lowest BCUT2D eigenvalue weighted by Crippen LogP contribution is -2.50. The van der Waals surface area contributed by atoms with Gasteiger partial charge in [0.1, 0.15) is 0 Å². The van der Waals surface area contributed by atoms with Gasteiger partial charge in [0.15, 0.2) is 0 Å². The lowest BCUT2D eigenvalue weighted by molar-refractivity contribution is 0.0950. The molecular weight excluding hydrogens is 264 g/mol. The van der Waals surface area contributed by atoms with Gasteiger partial charge in [-0.1, -0.05) is 19.3 Å². The van der Waals surface area contributed by atoms with Crippen molar-refractivity contribution in [2.75, 3.05) is 32.1 Å². The van der Waals surface area contributed by atoms with E-state index in [0.29, 0.717) is 11.5 Å². The molecule has 3 heteroatoms. The molecule has 0 saturated heterocycles. The second-order valence-corrected chi connectivity index (χ2v) is 8.79. The van der Waals surface area contributed by atoms with E-state index in [9.17, 15) is 0 Å². The second-order valence-electron chi connectivity index (χ2n) is 7.88. The molecule has 1 atom stereocenters. The van der Waals surface area contributed by atoms with Crippen LogP contribution in [0.1, 0.15) is 59.8 Å². The van der Waals surface area contributed by atoms with Crippen LogP contribution in [0.15, 0.2) is 0 Å². The summed E-state index contributed by atoms with van der Waals surface area (Å²) in [6.45, 7) is 11.6. The molecule has 0 radical (unpaired) electrons. The summed E-state index contributed by atoms with van der Waals surface area (Å²) in [5.41, 5.74) is 0.723. The molecule has 1 unspecified atom stereocenters. The molecule has 0 aromatic rings. The first-order valence-corrected chi connectivity index (χ1v) is 9.62. The summed E-state index contributed by atoms with van der Waals surface area (Å²) in [6.07, 6.45) is 9.26. The van der Waals surface area contributed by atoms with Crippen molar-refractivity contribution >= 4 is 11.8 Å². The molecule has 0 bridgehead atoms. The molecular formula is C17H36N2S. The molecule has 1 N–H and O–H groups in total. The van der Waals surface area contributed by atoms with Crippen molar-refractivity contribution in [3.05, 3.63) is 0 Å². The van der Waals surface area contributed by atoms with E-state index in [4.69, 9.17) is 0 Å². The zero-order chi connectivity index (χ0) is 15.2. The van der Waals surface area contributed by atoms with Gasteiger partial charge in [-0.25, -0.2) is 0 Å². The first-order valence-electron chi connectivity index (χ1n) is 8.22. The fourth-order valence-corrected chi connectivity index (χ4v) is 3.94. The largest absolute Gasteiger partial charge is 0.311 e. The van der Waals surface area contributed by atoms with Crippen molar-refractivity contribution in [2.24, 2.45) is 5.41 Å². The van der Waals surface area contributed by atoms with Crippen LogP contribution in [0.3, 0.4) is 0 Å². The van der Waals surface area contributed by atoms with Crippen LogP contribution in [0.2, 0.25) is 0 Å². The smallest absolute Gasteiger partial charge is 0.0155 e. The van der Waals surface area contributed by atoms with E-state index in [1.54, 1.807) is 0 Å². The molecule has 0 aliphatic heterocycles. The summed E-state index contributed by atoms with van der Waals surface area (Å²) in [4.78, 5) is 2.59. The maximum Gasteiger partial charge on any atom is 0.0155 e. The first kappa shape index (κ1) is 18.3. The van der Waals surface area contributed by atoms with Crippen LogP contribution in [0.5, 0.6) is 0 Å². The van der Waals surface area contributed by atoms with Gasteiger partial charge in [-0.3, -0.25) is 0 Å². The minimum absolute atomic E-state index is 0.230. The summed E-state index contributed by atoms with van der Waals surface area (Å²) in [6, 6.07) is 0.679. The van der Waals surface area contributed by atoms with Gasteiger partial charge in [0, 0.05) is 30.4 Å². The van der Waals surface area contributed by atoms with E-state index in [-0.39, 0.29) is 5.54 Å². The van der Waals surface area contributed by atoms with Crippen molar-refractivity contribution in [3.63, 3.8) is 0 Å². The van der Waals surface area contributed by atoms with Gasteiger partial charge in [-0.05, 0) is 59.3 Å². The highest BCUT2D eigenvalue weighted by molar-refractivity contribution is 7.98. The van der Waals surface area contributed by atoms with Gasteiger partial charge in [-0.2, -0.15) is 11.8 Å². The quantitative estimate of drug-likeness (QED) is 0.765. The maximum absolute atomic E-state index is 3.78. The zero-order valence-electron chi connectivity index (χ0n) is 14.6. The van der Waals surface area contributed by atoms with E-state index in [1.165, 1.54) is 50.9 Å². The Labute approximate surface area is 131 Å². The van der Waals surface area contributed by atoms with Crippen LogP contribution in [-0.2, 0) is 0 Å². The molecule has 20 heavy (non-hydrogen) atoms. The van der Waals surface area contributed by atoms with Gasteiger partial charge in [0.2, 0.25) is 0 Å². The highest BCUT2D eigenvalue weighted by Gasteiger charge is 2.34. The molecule has 1 aliphatic rings. The molecule has 1 fully saturated rings. The normalized spacial score (nSPS) is 21.1. The molecule has 2 nitrogen and oxygen atoms in total. The molecule has 1 rings (SSSR count).